The lowest BCUT2D eigenvalue weighted by atomic mass is 10.3. The van der Waals surface area contributed by atoms with Crippen molar-refractivity contribution >= 4 is 16.9 Å². The molecule has 0 radical (unpaired) electrons. The van der Waals surface area contributed by atoms with Crippen LogP contribution in [0.4, 0.5) is 0 Å². The average molecular weight is 192 g/mol. The van der Waals surface area contributed by atoms with E-state index in [2.05, 4.69) is 10.2 Å². The molecule has 0 aromatic carbocycles. The summed E-state index contributed by atoms with van der Waals surface area (Å²) in [7, 11) is 0. The third-order valence-electron chi connectivity index (χ3n) is 1.87. The van der Waals surface area contributed by atoms with Gasteiger partial charge in [0.25, 0.3) is 0 Å². The number of hydrogen-bond donors (Lipinski definition) is 1. The molecule has 5 heteroatoms. The highest BCUT2D eigenvalue weighted by Crippen LogP contribution is 2.20. The molecule has 2 aromatic heterocycles. The summed E-state index contributed by atoms with van der Waals surface area (Å²) < 4.78 is 5.33. The van der Waals surface area contributed by atoms with Gasteiger partial charge in [-0.1, -0.05) is 0 Å². The second-order valence-electron chi connectivity index (χ2n) is 3.00. The summed E-state index contributed by atoms with van der Waals surface area (Å²) in [5.74, 6) is -0.493. The fourth-order valence-corrected chi connectivity index (χ4v) is 1.30. The number of carboxylic acid groups (broad SMARTS) is 1. The van der Waals surface area contributed by atoms with Crippen LogP contribution in [0.2, 0.25) is 0 Å². The Bertz CT molecular complexity index is 490. The van der Waals surface area contributed by atoms with E-state index in [0.29, 0.717) is 17.0 Å². The molecule has 5 nitrogen and oxygen atoms in total. The maximum Gasteiger partial charge on any atom is 0.311 e. The highest BCUT2D eigenvalue weighted by Gasteiger charge is 2.09. The summed E-state index contributed by atoms with van der Waals surface area (Å²) >= 11 is 0. The predicted octanol–water partition coefficient (Wildman–Crippen LogP) is 1.16. The summed E-state index contributed by atoms with van der Waals surface area (Å²) in [6, 6.07) is 1.67. The molecular weight excluding hydrogens is 184 g/mol. The number of aliphatic carboxylic acids is 1. The highest BCUT2D eigenvalue weighted by molar-refractivity contribution is 5.80. The zero-order valence-electron chi connectivity index (χ0n) is 7.52. The molecule has 0 aliphatic heterocycles. The van der Waals surface area contributed by atoms with E-state index in [1.165, 1.54) is 0 Å². The normalized spacial score (nSPS) is 10.6. The van der Waals surface area contributed by atoms with E-state index in [0.717, 1.165) is 5.39 Å². The van der Waals surface area contributed by atoms with Crippen LogP contribution in [0.5, 0.6) is 0 Å². The second-order valence-corrected chi connectivity index (χ2v) is 3.00. The Balaban J connectivity index is 2.51. The smallest absolute Gasteiger partial charge is 0.311 e. The molecule has 0 spiro atoms. The van der Waals surface area contributed by atoms with Crippen LogP contribution in [0.25, 0.3) is 11.0 Å². The van der Waals surface area contributed by atoms with Crippen LogP contribution in [0.3, 0.4) is 0 Å². The number of aromatic nitrogens is 2. The molecule has 2 rings (SSSR count). The molecule has 0 saturated heterocycles. The predicted molar refractivity (Wildman–Crippen MR) is 47.9 cm³/mol. The van der Waals surface area contributed by atoms with E-state index >= 15 is 0 Å². The zero-order chi connectivity index (χ0) is 10.1. The van der Waals surface area contributed by atoms with Gasteiger partial charge in [-0.05, 0) is 13.0 Å². The minimum atomic E-state index is -0.914. The van der Waals surface area contributed by atoms with Crippen molar-refractivity contribution < 1.29 is 14.3 Å². The van der Waals surface area contributed by atoms with Gasteiger partial charge in [-0.15, -0.1) is 0 Å². The molecule has 2 heterocycles. The molecule has 0 aliphatic rings. The van der Waals surface area contributed by atoms with Gasteiger partial charge < -0.3 is 9.52 Å². The topological polar surface area (TPSA) is 76.2 Å². The number of aryl methyl sites for hydroxylation is 1. The van der Waals surface area contributed by atoms with Gasteiger partial charge >= 0.3 is 5.97 Å². The lowest BCUT2D eigenvalue weighted by molar-refractivity contribution is -0.136. The van der Waals surface area contributed by atoms with E-state index in [1.54, 1.807) is 19.2 Å². The molecule has 0 bridgehead atoms. The molecular formula is C9H8N2O3. The number of carbonyl (C=O) groups is 1. The summed E-state index contributed by atoms with van der Waals surface area (Å²) in [5.41, 5.74) is 1.27. The summed E-state index contributed by atoms with van der Waals surface area (Å²) in [6.07, 6.45) is 1.44. The third kappa shape index (κ3) is 1.44. The van der Waals surface area contributed by atoms with E-state index in [1.807, 2.05) is 0 Å². The maximum absolute atomic E-state index is 10.4. The SMILES string of the molecule is Cc1nncc2cc(CC(=O)O)oc12. The minimum absolute atomic E-state index is 0.117. The Morgan fingerprint density at radius 3 is 3.07 bits per heavy atom. The van der Waals surface area contributed by atoms with Gasteiger partial charge in [-0.3, -0.25) is 4.79 Å². The average Bonchev–Trinajstić information content (AvgIpc) is 2.47. The van der Waals surface area contributed by atoms with Crippen molar-refractivity contribution in [2.45, 2.75) is 13.3 Å². The minimum Gasteiger partial charge on any atom is -0.481 e. The van der Waals surface area contributed by atoms with E-state index in [9.17, 15) is 4.79 Å². The maximum atomic E-state index is 10.4. The number of fused-ring (bicyclic) bond motifs is 1. The van der Waals surface area contributed by atoms with Crippen LogP contribution in [0, 0.1) is 6.92 Å². The van der Waals surface area contributed by atoms with E-state index in [4.69, 9.17) is 9.52 Å². The number of hydrogen-bond acceptors (Lipinski definition) is 4. The largest absolute Gasteiger partial charge is 0.481 e. The lowest BCUT2D eigenvalue weighted by Crippen LogP contribution is -1.97. The first kappa shape index (κ1) is 8.68. The van der Waals surface area contributed by atoms with Gasteiger partial charge in [0.1, 0.15) is 17.9 Å². The molecule has 0 atom stereocenters. The Kier molecular flexibility index (Phi) is 1.92. The van der Waals surface area contributed by atoms with Crippen LogP contribution < -0.4 is 0 Å². The van der Waals surface area contributed by atoms with Crippen LogP contribution >= 0.6 is 0 Å². The van der Waals surface area contributed by atoms with Crippen molar-refractivity contribution in [2.24, 2.45) is 0 Å². The lowest BCUT2D eigenvalue weighted by Gasteiger charge is -1.90. The summed E-state index contributed by atoms with van der Waals surface area (Å²) in [5, 5.41) is 16.9. The third-order valence-corrected chi connectivity index (χ3v) is 1.87. The first-order valence-corrected chi connectivity index (χ1v) is 4.09. The Morgan fingerprint density at radius 2 is 2.43 bits per heavy atom. The second kappa shape index (κ2) is 3.10. The molecule has 1 N–H and O–H groups in total. The van der Waals surface area contributed by atoms with Gasteiger partial charge in [0.2, 0.25) is 0 Å². The van der Waals surface area contributed by atoms with Crippen LogP contribution in [-0.2, 0) is 11.2 Å². The van der Waals surface area contributed by atoms with Gasteiger partial charge in [-0.2, -0.15) is 10.2 Å². The quantitative estimate of drug-likeness (QED) is 0.772. The number of nitrogens with zero attached hydrogens (tertiary/aromatic N) is 2. The van der Waals surface area contributed by atoms with Gasteiger partial charge in [0.05, 0.1) is 6.20 Å². The number of furan rings is 1. The van der Waals surface area contributed by atoms with Gasteiger partial charge in [0.15, 0.2) is 5.58 Å². The molecule has 0 amide bonds. The van der Waals surface area contributed by atoms with Crippen molar-refractivity contribution in [1.29, 1.82) is 0 Å². The van der Waals surface area contributed by atoms with Gasteiger partial charge in [-0.25, -0.2) is 0 Å². The van der Waals surface area contributed by atoms with Crippen molar-refractivity contribution in [3.8, 4) is 0 Å². The van der Waals surface area contributed by atoms with Crippen molar-refractivity contribution in [2.75, 3.05) is 0 Å². The van der Waals surface area contributed by atoms with Crippen molar-refractivity contribution in [3.05, 3.63) is 23.7 Å². The Labute approximate surface area is 79.4 Å². The first-order chi connectivity index (χ1) is 6.66. The highest BCUT2D eigenvalue weighted by atomic mass is 16.4. The van der Waals surface area contributed by atoms with Crippen molar-refractivity contribution in [3.63, 3.8) is 0 Å². The van der Waals surface area contributed by atoms with Crippen molar-refractivity contribution in [1.82, 2.24) is 10.2 Å². The van der Waals surface area contributed by atoms with Gasteiger partial charge in [0, 0.05) is 5.39 Å². The molecule has 72 valence electrons. The zero-order valence-corrected chi connectivity index (χ0v) is 7.52. The molecule has 2 aromatic rings. The van der Waals surface area contributed by atoms with E-state index in [-0.39, 0.29) is 6.42 Å². The van der Waals surface area contributed by atoms with Crippen LogP contribution in [0.15, 0.2) is 16.7 Å². The number of carboxylic acids is 1. The van der Waals surface area contributed by atoms with Crippen LogP contribution in [0.1, 0.15) is 11.5 Å². The standard InChI is InChI=1S/C9H8N2O3/c1-5-9-6(4-10-11-5)2-7(14-9)3-8(12)13/h2,4H,3H2,1H3,(H,12,13). The molecule has 0 saturated carbocycles. The summed E-state index contributed by atoms with van der Waals surface area (Å²) in [4.78, 5) is 10.4. The van der Waals surface area contributed by atoms with E-state index < -0.39 is 5.97 Å². The Morgan fingerprint density at radius 1 is 1.64 bits per heavy atom. The summed E-state index contributed by atoms with van der Waals surface area (Å²) in [6.45, 7) is 1.77. The molecule has 0 fully saturated rings. The Hall–Kier alpha value is -1.91. The molecule has 14 heavy (non-hydrogen) atoms. The fourth-order valence-electron chi connectivity index (χ4n) is 1.30. The number of rotatable bonds is 2. The monoisotopic (exact) mass is 192 g/mol. The molecule has 0 unspecified atom stereocenters. The fraction of sp³-hybridized carbons (Fsp3) is 0.222. The molecule has 0 aliphatic carbocycles. The first-order valence-electron chi connectivity index (χ1n) is 4.09. The van der Waals surface area contributed by atoms with Crippen LogP contribution in [-0.4, -0.2) is 21.3 Å².